The summed E-state index contributed by atoms with van der Waals surface area (Å²) in [6.45, 7) is 3.60. The number of aliphatic hydroxyl groups is 10. The second-order valence-electron chi connectivity index (χ2n) is 11.7. The molecule has 0 aromatic rings. The van der Waals surface area contributed by atoms with Crippen LogP contribution in [0.1, 0.15) is 32.6 Å². The van der Waals surface area contributed by atoms with Crippen LogP contribution in [0.5, 0.6) is 0 Å². The molecule has 0 aliphatic carbocycles. The van der Waals surface area contributed by atoms with Crippen LogP contribution in [-0.2, 0) is 33.2 Å². The number of aliphatic hydroxyl groups excluding tert-OH is 10. The molecule has 3 aliphatic rings. The minimum absolute atomic E-state index is 0.0443. The van der Waals surface area contributed by atoms with Gasteiger partial charge in [0, 0.05) is 18.7 Å². The Balaban J connectivity index is 1.67. The van der Waals surface area contributed by atoms with Crippen LogP contribution in [-0.4, -0.2) is 182 Å². The standard InChI is InChI=1S/C28H49NO17/c1-12(5-3-4-6-13(2)32)29-7-8-41-27-24(40)25(46-28-23(39)21(37)18(34)15(10-31)44-28)19(35)16(45-27)11-42-26-22(38)20(36)17(33)14(9-30)43-26/h14-31,33-40H,1,3-11H2,2H3/t14-,15-,16-,17-,18-,19-,20+,21+,22+,23+,24+,25+,26+,27+,28-/m1/s1. The number of ketones is 1. The zero-order valence-electron chi connectivity index (χ0n) is 25.6. The van der Waals surface area contributed by atoms with Crippen molar-refractivity contribution in [2.45, 2.75) is 125 Å². The summed E-state index contributed by atoms with van der Waals surface area (Å²) in [5.74, 6) is 0.105. The Morgan fingerprint density at radius 1 is 0.674 bits per heavy atom. The number of carbonyl (C=O) groups is 1. The van der Waals surface area contributed by atoms with Gasteiger partial charge in [-0.2, -0.15) is 0 Å². The van der Waals surface area contributed by atoms with Gasteiger partial charge < -0.3 is 89.6 Å². The summed E-state index contributed by atoms with van der Waals surface area (Å²) in [6, 6.07) is 0. The summed E-state index contributed by atoms with van der Waals surface area (Å²) < 4.78 is 33.3. The van der Waals surface area contributed by atoms with Gasteiger partial charge in [-0.25, -0.2) is 0 Å². The first-order valence-corrected chi connectivity index (χ1v) is 15.2. The molecule has 46 heavy (non-hydrogen) atoms. The molecule has 0 aromatic heterocycles. The van der Waals surface area contributed by atoms with E-state index in [2.05, 4.69) is 11.9 Å². The molecule has 0 saturated carbocycles. The van der Waals surface area contributed by atoms with Gasteiger partial charge in [0.25, 0.3) is 0 Å². The van der Waals surface area contributed by atoms with E-state index in [1.807, 2.05) is 0 Å². The van der Waals surface area contributed by atoms with Crippen molar-refractivity contribution in [3.05, 3.63) is 12.3 Å². The molecule has 0 bridgehead atoms. The van der Waals surface area contributed by atoms with E-state index in [9.17, 15) is 55.9 Å². The van der Waals surface area contributed by atoms with Crippen LogP contribution >= 0.6 is 0 Å². The highest BCUT2D eigenvalue weighted by Gasteiger charge is 2.52. The monoisotopic (exact) mass is 671 g/mol. The average molecular weight is 672 g/mol. The largest absolute Gasteiger partial charge is 0.394 e. The average Bonchev–Trinajstić information content (AvgIpc) is 3.03. The second kappa shape index (κ2) is 18.4. The lowest BCUT2D eigenvalue weighted by Gasteiger charge is -2.46. The Kier molecular flexibility index (Phi) is 15.6. The van der Waals surface area contributed by atoms with Crippen LogP contribution in [0.3, 0.4) is 0 Å². The summed E-state index contributed by atoms with van der Waals surface area (Å²) in [5, 5.41) is 105. The molecular weight excluding hydrogens is 622 g/mol. The molecule has 3 rings (SSSR count). The highest BCUT2D eigenvalue weighted by atomic mass is 16.7. The van der Waals surface area contributed by atoms with Gasteiger partial charge in [-0.05, 0) is 26.2 Å². The van der Waals surface area contributed by atoms with E-state index in [1.165, 1.54) is 6.92 Å². The molecule has 0 unspecified atom stereocenters. The number of hydrogen-bond acceptors (Lipinski definition) is 18. The van der Waals surface area contributed by atoms with Gasteiger partial charge in [0.05, 0.1) is 26.4 Å². The Labute approximate surface area is 265 Å². The predicted octanol–water partition coefficient (Wildman–Crippen LogP) is -5.30. The maximum atomic E-state index is 11.1. The summed E-state index contributed by atoms with van der Waals surface area (Å²) in [7, 11) is 0. The van der Waals surface area contributed by atoms with Gasteiger partial charge in [-0.1, -0.05) is 6.58 Å². The van der Waals surface area contributed by atoms with Crippen LogP contribution in [0.4, 0.5) is 0 Å². The predicted molar refractivity (Wildman–Crippen MR) is 151 cm³/mol. The molecule has 0 amide bonds. The fourth-order valence-electron chi connectivity index (χ4n) is 5.27. The van der Waals surface area contributed by atoms with Crippen molar-refractivity contribution in [3.8, 4) is 0 Å². The highest BCUT2D eigenvalue weighted by molar-refractivity contribution is 5.75. The SMILES string of the molecule is C=C(CCCCC(C)=O)NCCO[C@H]1O[C@H](CO[C@H]2O[C@H](CO)[C@@H](O)[C@H](O)[C@@H]2O)[C@@H](O)[C@H](O[C@H]2O[C@H](CO)[C@@H](O)[C@H](O)[C@@H]2O)[C@@H]1O. The van der Waals surface area contributed by atoms with Crippen LogP contribution in [0.2, 0.25) is 0 Å². The number of nitrogens with one attached hydrogen (secondary N) is 1. The smallest absolute Gasteiger partial charge is 0.187 e. The van der Waals surface area contributed by atoms with E-state index in [0.717, 1.165) is 12.8 Å². The van der Waals surface area contributed by atoms with Crippen LogP contribution in [0.15, 0.2) is 12.3 Å². The summed E-state index contributed by atoms with van der Waals surface area (Å²) in [6.07, 6.45) is -21.7. The topological polar surface area (TPSA) is 287 Å². The fraction of sp³-hybridized carbons (Fsp3) is 0.893. The Morgan fingerprint density at radius 2 is 1.20 bits per heavy atom. The second-order valence-corrected chi connectivity index (χ2v) is 11.7. The third-order valence-electron chi connectivity index (χ3n) is 8.07. The maximum Gasteiger partial charge on any atom is 0.187 e. The van der Waals surface area contributed by atoms with Crippen molar-refractivity contribution in [1.82, 2.24) is 5.32 Å². The first-order valence-electron chi connectivity index (χ1n) is 15.2. The lowest BCUT2D eigenvalue weighted by Crippen LogP contribution is -2.65. The molecule has 3 saturated heterocycles. The number of Topliss-reactive ketones (excluding diaryl/α,β-unsaturated/α-hetero) is 1. The minimum atomic E-state index is -1.85. The first kappa shape index (κ1) is 39.0. The van der Waals surface area contributed by atoms with Gasteiger partial charge in [0.1, 0.15) is 79.0 Å². The third-order valence-corrected chi connectivity index (χ3v) is 8.07. The van der Waals surface area contributed by atoms with Crippen molar-refractivity contribution in [2.75, 3.05) is 33.0 Å². The van der Waals surface area contributed by atoms with E-state index in [1.54, 1.807) is 0 Å². The summed E-state index contributed by atoms with van der Waals surface area (Å²) in [4.78, 5) is 11.1. The summed E-state index contributed by atoms with van der Waals surface area (Å²) >= 11 is 0. The van der Waals surface area contributed by atoms with Crippen molar-refractivity contribution < 1.29 is 84.3 Å². The molecule has 18 nitrogen and oxygen atoms in total. The molecule has 3 heterocycles. The molecule has 0 radical (unpaired) electrons. The zero-order valence-corrected chi connectivity index (χ0v) is 25.6. The van der Waals surface area contributed by atoms with Crippen LogP contribution in [0.25, 0.3) is 0 Å². The van der Waals surface area contributed by atoms with E-state index in [-0.39, 0.29) is 18.9 Å². The lowest BCUT2D eigenvalue weighted by molar-refractivity contribution is -0.366. The number of allylic oxidation sites excluding steroid dienone is 1. The van der Waals surface area contributed by atoms with Gasteiger partial charge in [-0.15, -0.1) is 0 Å². The molecule has 0 spiro atoms. The van der Waals surface area contributed by atoms with Crippen LogP contribution < -0.4 is 5.32 Å². The molecule has 11 N–H and O–H groups in total. The van der Waals surface area contributed by atoms with E-state index < -0.39 is 112 Å². The van der Waals surface area contributed by atoms with Crippen molar-refractivity contribution in [1.29, 1.82) is 0 Å². The zero-order chi connectivity index (χ0) is 34.1. The Morgan fingerprint density at radius 3 is 1.78 bits per heavy atom. The molecule has 15 atom stereocenters. The normalized spacial score (nSPS) is 41.7. The minimum Gasteiger partial charge on any atom is -0.394 e. The molecule has 18 heteroatoms. The molecule has 3 aliphatic heterocycles. The van der Waals surface area contributed by atoms with Crippen molar-refractivity contribution in [2.24, 2.45) is 0 Å². The highest BCUT2D eigenvalue weighted by Crippen LogP contribution is 2.31. The number of hydrogen-bond donors (Lipinski definition) is 11. The fourth-order valence-corrected chi connectivity index (χ4v) is 5.27. The third kappa shape index (κ3) is 10.0. The summed E-state index contributed by atoms with van der Waals surface area (Å²) in [5.41, 5.74) is 0.697. The molecular formula is C28H49NO17. The van der Waals surface area contributed by atoms with Crippen molar-refractivity contribution >= 4 is 5.78 Å². The lowest BCUT2D eigenvalue weighted by atomic mass is 9.96. The number of carbonyl (C=O) groups excluding carboxylic acids is 1. The Hall–Kier alpha value is -1.43. The van der Waals surface area contributed by atoms with E-state index >= 15 is 0 Å². The van der Waals surface area contributed by atoms with Crippen LogP contribution in [0, 0.1) is 0 Å². The van der Waals surface area contributed by atoms with Crippen molar-refractivity contribution in [3.63, 3.8) is 0 Å². The van der Waals surface area contributed by atoms with E-state index in [4.69, 9.17) is 28.4 Å². The Bertz CT molecular complexity index is 942. The van der Waals surface area contributed by atoms with E-state index in [0.29, 0.717) is 18.5 Å². The quantitative estimate of drug-likeness (QED) is 0.0644. The van der Waals surface area contributed by atoms with Gasteiger partial charge >= 0.3 is 0 Å². The number of rotatable bonds is 17. The van der Waals surface area contributed by atoms with Gasteiger partial charge in [-0.3, -0.25) is 0 Å². The van der Waals surface area contributed by atoms with Gasteiger partial charge in [0.15, 0.2) is 18.9 Å². The molecule has 3 fully saturated rings. The first-order chi connectivity index (χ1) is 21.8. The number of ether oxygens (including phenoxy) is 6. The maximum absolute atomic E-state index is 11.1. The number of unbranched alkanes of at least 4 members (excludes halogenated alkanes) is 1. The molecule has 268 valence electrons. The molecule has 0 aromatic carbocycles. The van der Waals surface area contributed by atoms with Gasteiger partial charge in [0.2, 0.25) is 0 Å².